The number of piperazine rings is 1. The van der Waals surface area contributed by atoms with Gasteiger partial charge in [0, 0.05) is 54.4 Å². The molecule has 158 valence electrons. The van der Waals surface area contributed by atoms with Crippen LogP contribution in [0, 0.1) is 6.92 Å². The maximum absolute atomic E-state index is 11.3. The van der Waals surface area contributed by atoms with Crippen molar-refractivity contribution in [2.45, 2.75) is 32.5 Å². The predicted molar refractivity (Wildman–Crippen MR) is 118 cm³/mol. The SMILES string of the molecule is COc1cc(C)c2[nH]ccc2c1CN1CC(C)N(C)C[C@H]1c1ccc(C(=O)O)cc1. The first-order valence-electron chi connectivity index (χ1n) is 10.3. The number of nitrogens with zero attached hydrogens (tertiary/aromatic N) is 2. The lowest BCUT2D eigenvalue weighted by Crippen LogP contribution is -2.51. The Kier molecular flexibility index (Phi) is 5.54. The summed E-state index contributed by atoms with van der Waals surface area (Å²) >= 11 is 0. The van der Waals surface area contributed by atoms with Gasteiger partial charge >= 0.3 is 5.97 Å². The average molecular weight is 408 g/mol. The summed E-state index contributed by atoms with van der Waals surface area (Å²) in [5.74, 6) is 0.0122. The van der Waals surface area contributed by atoms with E-state index in [1.54, 1.807) is 19.2 Å². The van der Waals surface area contributed by atoms with Gasteiger partial charge in [-0.15, -0.1) is 0 Å². The summed E-state index contributed by atoms with van der Waals surface area (Å²) in [6, 6.07) is 12.1. The zero-order valence-corrected chi connectivity index (χ0v) is 18.0. The second kappa shape index (κ2) is 8.13. The van der Waals surface area contributed by atoms with Crippen molar-refractivity contribution in [1.82, 2.24) is 14.8 Å². The number of methoxy groups -OCH3 is 1. The van der Waals surface area contributed by atoms with E-state index >= 15 is 0 Å². The fourth-order valence-electron chi connectivity index (χ4n) is 4.50. The minimum absolute atomic E-state index is 0.175. The molecule has 0 spiro atoms. The van der Waals surface area contributed by atoms with Crippen LogP contribution in [0.5, 0.6) is 5.75 Å². The summed E-state index contributed by atoms with van der Waals surface area (Å²) in [5.41, 5.74) is 4.95. The van der Waals surface area contributed by atoms with Crippen molar-refractivity contribution in [3.05, 3.63) is 64.8 Å². The summed E-state index contributed by atoms with van der Waals surface area (Å²) in [7, 11) is 3.88. The molecule has 0 bridgehead atoms. The highest BCUT2D eigenvalue weighted by atomic mass is 16.5. The minimum atomic E-state index is -0.896. The molecule has 2 aromatic carbocycles. The van der Waals surface area contributed by atoms with Gasteiger partial charge in [0.05, 0.1) is 12.7 Å². The van der Waals surface area contributed by atoms with Gasteiger partial charge in [0.1, 0.15) is 5.75 Å². The van der Waals surface area contributed by atoms with Gasteiger partial charge in [-0.25, -0.2) is 4.79 Å². The van der Waals surface area contributed by atoms with Crippen LogP contribution in [0.15, 0.2) is 42.6 Å². The van der Waals surface area contributed by atoms with Gasteiger partial charge in [-0.3, -0.25) is 4.90 Å². The monoisotopic (exact) mass is 407 g/mol. The molecule has 3 aromatic rings. The van der Waals surface area contributed by atoms with Crippen LogP contribution in [0.3, 0.4) is 0 Å². The number of ether oxygens (including phenoxy) is 1. The number of likely N-dealkylation sites (N-methyl/N-ethyl adjacent to an activating group) is 1. The zero-order chi connectivity index (χ0) is 21.4. The molecule has 0 amide bonds. The van der Waals surface area contributed by atoms with E-state index in [9.17, 15) is 9.90 Å². The second-order valence-corrected chi connectivity index (χ2v) is 8.30. The lowest BCUT2D eigenvalue weighted by Gasteiger charge is -2.44. The number of nitrogens with one attached hydrogen (secondary N) is 1. The number of hydrogen-bond acceptors (Lipinski definition) is 4. The standard InChI is InChI=1S/C24H29N3O3/c1-15-11-22(30-4)20(19-9-10-25-23(15)19)13-27-12-16(2)26(3)14-21(27)17-5-7-18(8-6-17)24(28)29/h5-11,16,21,25H,12-14H2,1-4H3,(H,28,29)/t16?,21-/m0/s1. The molecule has 1 aliphatic rings. The van der Waals surface area contributed by atoms with Crippen molar-refractivity contribution in [2.24, 2.45) is 0 Å². The Morgan fingerprint density at radius 2 is 1.97 bits per heavy atom. The molecule has 0 aliphatic carbocycles. The normalized spacial score (nSPS) is 20.5. The Bertz CT molecular complexity index is 1060. The maximum Gasteiger partial charge on any atom is 0.335 e. The molecule has 1 unspecified atom stereocenters. The molecule has 1 aliphatic heterocycles. The second-order valence-electron chi connectivity index (χ2n) is 8.30. The van der Waals surface area contributed by atoms with E-state index in [2.05, 4.69) is 47.8 Å². The number of hydrogen-bond donors (Lipinski definition) is 2. The van der Waals surface area contributed by atoms with Crippen LogP contribution in [0.1, 0.15) is 40.0 Å². The van der Waals surface area contributed by atoms with Crippen molar-refractivity contribution in [3.63, 3.8) is 0 Å². The summed E-state index contributed by atoms with van der Waals surface area (Å²) in [6.45, 7) is 6.91. The number of H-pyrrole nitrogens is 1. The molecule has 4 rings (SSSR count). The van der Waals surface area contributed by atoms with Gasteiger partial charge in [0.15, 0.2) is 0 Å². The predicted octanol–water partition coefficient (Wildman–Crippen LogP) is 4.06. The molecular formula is C24H29N3O3. The molecule has 6 nitrogen and oxygen atoms in total. The van der Waals surface area contributed by atoms with Crippen LogP contribution in [0.2, 0.25) is 0 Å². The number of aromatic nitrogens is 1. The quantitative estimate of drug-likeness (QED) is 0.668. The van der Waals surface area contributed by atoms with Crippen molar-refractivity contribution < 1.29 is 14.6 Å². The molecule has 1 fully saturated rings. The molecule has 0 saturated carbocycles. The molecule has 2 N–H and O–H groups in total. The van der Waals surface area contributed by atoms with Gasteiger partial charge in [-0.05, 0) is 56.3 Å². The molecule has 1 saturated heterocycles. The molecule has 1 aromatic heterocycles. The Labute approximate surface area is 177 Å². The highest BCUT2D eigenvalue weighted by molar-refractivity contribution is 5.88. The third kappa shape index (κ3) is 3.68. The summed E-state index contributed by atoms with van der Waals surface area (Å²) in [4.78, 5) is 19.5. The number of aromatic carboxylic acids is 1. The maximum atomic E-state index is 11.3. The highest BCUT2D eigenvalue weighted by Gasteiger charge is 2.32. The van der Waals surface area contributed by atoms with Gasteiger partial charge in [-0.2, -0.15) is 0 Å². The van der Waals surface area contributed by atoms with Gasteiger partial charge < -0.3 is 19.7 Å². The van der Waals surface area contributed by atoms with Crippen LogP contribution in [-0.2, 0) is 6.54 Å². The first kappa shape index (κ1) is 20.4. The first-order chi connectivity index (χ1) is 14.4. The molecular weight excluding hydrogens is 378 g/mol. The summed E-state index contributed by atoms with van der Waals surface area (Å²) < 4.78 is 5.76. The van der Waals surface area contributed by atoms with E-state index in [0.29, 0.717) is 11.6 Å². The Morgan fingerprint density at radius 1 is 1.23 bits per heavy atom. The third-order valence-electron chi connectivity index (χ3n) is 6.39. The number of carboxylic acids is 1. The molecule has 0 radical (unpaired) electrons. The Hall–Kier alpha value is -2.83. The highest BCUT2D eigenvalue weighted by Crippen LogP contribution is 2.35. The van der Waals surface area contributed by atoms with E-state index in [1.165, 1.54) is 16.5 Å². The van der Waals surface area contributed by atoms with Crippen LogP contribution in [0.25, 0.3) is 10.9 Å². The number of rotatable bonds is 5. The largest absolute Gasteiger partial charge is 0.496 e. The summed E-state index contributed by atoms with van der Waals surface area (Å²) in [5, 5.41) is 10.4. The molecule has 2 heterocycles. The van der Waals surface area contributed by atoms with Gasteiger partial charge in [0.25, 0.3) is 0 Å². The summed E-state index contributed by atoms with van der Waals surface area (Å²) in [6.07, 6.45) is 1.98. The smallest absolute Gasteiger partial charge is 0.335 e. The Balaban J connectivity index is 1.72. The topological polar surface area (TPSA) is 68.8 Å². The number of benzene rings is 2. The van der Waals surface area contributed by atoms with Crippen molar-refractivity contribution in [3.8, 4) is 5.75 Å². The van der Waals surface area contributed by atoms with Crippen LogP contribution >= 0.6 is 0 Å². The van der Waals surface area contributed by atoms with E-state index in [1.807, 2.05) is 18.3 Å². The number of carbonyl (C=O) groups is 1. The Morgan fingerprint density at radius 3 is 2.63 bits per heavy atom. The molecule has 6 heteroatoms. The number of aromatic amines is 1. The van der Waals surface area contributed by atoms with E-state index in [0.717, 1.165) is 36.5 Å². The minimum Gasteiger partial charge on any atom is -0.496 e. The number of fused-ring (bicyclic) bond motifs is 1. The van der Waals surface area contributed by atoms with Crippen LogP contribution in [-0.4, -0.2) is 59.1 Å². The molecule has 2 atom stereocenters. The first-order valence-corrected chi connectivity index (χ1v) is 10.3. The van der Waals surface area contributed by atoms with Crippen LogP contribution in [0.4, 0.5) is 0 Å². The average Bonchev–Trinajstić information content (AvgIpc) is 3.23. The van der Waals surface area contributed by atoms with E-state index in [-0.39, 0.29) is 6.04 Å². The fourth-order valence-corrected chi connectivity index (χ4v) is 4.50. The zero-order valence-electron chi connectivity index (χ0n) is 18.0. The van der Waals surface area contributed by atoms with Crippen molar-refractivity contribution in [1.29, 1.82) is 0 Å². The lowest BCUT2D eigenvalue weighted by molar-refractivity contribution is 0.0451. The van der Waals surface area contributed by atoms with E-state index in [4.69, 9.17) is 4.74 Å². The number of aryl methyl sites for hydroxylation is 1. The lowest BCUT2D eigenvalue weighted by atomic mass is 9.97. The van der Waals surface area contributed by atoms with Gasteiger partial charge in [-0.1, -0.05) is 12.1 Å². The van der Waals surface area contributed by atoms with Crippen molar-refractivity contribution >= 4 is 16.9 Å². The third-order valence-corrected chi connectivity index (χ3v) is 6.39. The van der Waals surface area contributed by atoms with Crippen LogP contribution < -0.4 is 4.74 Å². The van der Waals surface area contributed by atoms with Gasteiger partial charge in [0.2, 0.25) is 0 Å². The number of carboxylic acid groups (broad SMARTS) is 1. The fraction of sp³-hybridized carbons (Fsp3) is 0.375. The van der Waals surface area contributed by atoms with Crippen molar-refractivity contribution in [2.75, 3.05) is 27.2 Å². The van der Waals surface area contributed by atoms with E-state index < -0.39 is 5.97 Å². The molecule has 30 heavy (non-hydrogen) atoms.